The van der Waals surface area contributed by atoms with Gasteiger partial charge in [-0.15, -0.1) is 0 Å². The Hall–Kier alpha value is -2.01. The predicted molar refractivity (Wildman–Crippen MR) is 79.2 cm³/mol. The minimum atomic E-state index is 0.541. The van der Waals surface area contributed by atoms with E-state index >= 15 is 0 Å². The summed E-state index contributed by atoms with van der Waals surface area (Å²) in [5.74, 6) is 0.850. The normalized spacial score (nSPS) is 10.6. The van der Waals surface area contributed by atoms with Crippen molar-refractivity contribution in [1.29, 1.82) is 0 Å². The molecule has 1 heterocycles. The quantitative estimate of drug-likeness (QED) is 0.763. The van der Waals surface area contributed by atoms with Crippen molar-refractivity contribution >= 4 is 5.69 Å². The molecule has 5 nitrogen and oxygen atoms in total. The molecule has 0 amide bonds. The van der Waals surface area contributed by atoms with Crippen LogP contribution in [0.25, 0.3) is 0 Å². The number of hydrogen-bond donors (Lipinski definition) is 2. The van der Waals surface area contributed by atoms with Crippen molar-refractivity contribution in [2.75, 3.05) is 25.6 Å². The van der Waals surface area contributed by atoms with Crippen molar-refractivity contribution in [2.24, 2.45) is 0 Å². The average Bonchev–Trinajstić information content (AvgIpc) is 2.84. The maximum Gasteiger partial charge on any atom is 0.142 e. The van der Waals surface area contributed by atoms with Gasteiger partial charge in [-0.05, 0) is 31.5 Å². The highest BCUT2D eigenvalue weighted by Crippen LogP contribution is 2.26. The number of nitrogens with zero attached hydrogens (tertiary/aromatic N) is 1. The molecule has 0 saturated carbocycles. The molecule has 1 aromatic heterocycles. The first kappa shape index (κ1) is 14.4. The summed E-state index contributed by atoms with van der Waals surface area (Å²) >= 11 is 0. The Morgan fingerprint density at radius 1 is 1.25 bits per heavy atom. The Kier molecular flexibility index (Phi) is 5.01. The maximum absolute atomic E-state index is 5.75. The van der Waals surface area contributed by atoms with Crippen LogP contribution in [0.3, 0.4) is 0 Å². The van der Waals surface area contributed by atoms with Gasteiger partial charge >= 0.3 is 0 Å². The van der Waals surface area contributed by atoms with Gasteiger partial charge in [-0.2, -0.15) is 5.10 Å². The summed E-state index contributed by atoms with van der Waals surface area (Å²) in [4.78, 5) is 0. The van der Waals surface area contributed by atoms with Crippen LogP contribution in [-0.2, 0) is 11.3 Å². The zero-order valence-corrected chi connectivity index (χ0v) is 12.2. The smallest absolute Gasteiger partial charge is 0.142 e. The summed E-state index contributed by atoms with van der Waals surface area (Å²) in [5, 5.41) is 10.3. The molecule has 5 heteroatoms. The van der Waals surface area contributed by atoms with Gasteiger partial charge in [0, 0.05) is 24.9 Å². The SMILES string of the molecule is COCCOc1cc(C)ccc1NCc1cn[nH]c1C. The number of ether oxygens (including phenoxy) is 2. The van der Waals surface area contributed by atoms with E-state index in [0.717, 1.165) is 22.7 Å². The molecule has 0 spiro atoms. The first-order valence-corrected chi connectivity index (χ1v) is 6.66. The van der Waals surface area contributed by atoms with Gasteiger partial charge < -0.3 is 14.8 Å². The van der Waals surface area contributed by atoms with Gasteiger partial charge in [-0.3, -0.25) is 5.10 Å². The van der Waals surface area contributed by atoms with Crippen molar-refractivity contribution in [3.63, 3.8) is 0 Å². The molecule has 108 valence electrons. The topological polar surface area (TPSA) is 59.2 Å². The fraction of sp³-hybridized carbons (Fsp3) is 0.400. The second-order valence-electron chi connectivity index (χ2n) is 4.71. The third-order valence-corrected chi connectivity index (χ3v) is 3.09. The number of methoxy groups -OCH3 is 1. The molecule has 0 fully saturated rings. The Morgan fingerprint density at radius 3 is 2.80 bits per heavy atom. The van der Waals surface area contributed by atoms with E-state index in [1.165, 1.54) is 5.56 Å². The van der Waals surface area contributed by atoms with Crippen molar-refractivity contribution in [3.8, 4) is 5.75 Å². The zero-order chi connectivity index (χ0) is 14.4. The number of rotatable bonds is 7. The Labute approximate surface area is 119 Å². The number of aromatic nitrogens is 2. The molecule has 0 unspecified atom stereocenters. The minimum Gasteiger partial charge on any atom is -0.489 e. The molecule has 0 saturated heterocycles. The Morgan fingerprint density at radius 2 is 2.10 bits per heavy atom. The number of aryl methyl sites for hydroxylation is 2. The second kappa shape index (κ2) is 6.96. The van der Waals surface area contributed by atoms with E-state index in [2.05, 4.69) is 21.6 Å². The van der Waals surface area contributed by atoms with Crippen LogP contribution in [0.1, 0.15) is 16.8 Å². The van der Waals surface area contributed by atoms with Gasteiger partial charge in [0.25, 0.3) is 0 Å². The standard InChI is InChI=1S/C15H21N3O2/c1-11-4-5-14(15(8-11)20-7-6-19-3)16-9-13-10-17-18-12(13)2/h4-5,8,10,16H,6-7,9H2,1-3H3,(H,17,18). The van der Waals surface area contributed by atoms with Crippen LogP contribution in [0, 0.1) is 13.8 Å². The monoisotopic (exact) mass is 275 g/mol. The summed E-state index contributed by atoms with van der Waals surface area (Å²) < 4.78 is 10.8. The van der Waals surface area contributed by atoms with E-state index in [4.69, 9.17) is 9.47 Å². The van der Waals surface area contributed by atoms with Gasteiger partial charge in [-0.1, -0.05) is 6.07 Å². The number of aromatic amines is 1. The van der Waals surface area contributed by atoms with Crippen molar-refractivity contribution in [1.82, 2.24) is 10.2 Å². The molecule has 20 heavy (non-hydrogen) atoms. The highest BCUT2D eigenvalue weighted by atomic mass is 16.5. The van der Waals surface area contributed by atoms with Crippen molar-refractivity contribution in [2.45, 2.75) is 20.4 Å². The number of anilines is 1. The highest BCUT2D eigenvalue weighted by molar-refractivity contribution is 5.58. The van der Waals surface area contributed by atoms with Crippen LogP contribution in [0.5, 0.6) is 5.75 Å². The van der Waals surface area contributed by atoms with E-state index in [-0.39, 0.29) is 0 Å². The summed E-state index contributed by atoms with van der Waals surface area (Å²) in [6, 6.07) is 6.13. The molecule has 2 N–H and O–H groups in total. The first-order valence-electron chi connectivity index (χ1n) is 6.66. The van der Waals surface area contributed by atoms with Crippen LogP contribution < -0.4 is 10.1 Å². The predicted octanol–water partition coefficient (Wildman–Crippen LogP) is 2.66. The third-order valence-electron chi connectivity index (χ3n) is 3.09. The molecule has 0 aliphatic heterocycles. The lowest BCUT2D eigenvalue weighted by molar-refractivity contribution is 0.146. The van der Waals surface area contributed by atoms with Gasteiger partial charge in [0.15, 0.2) is 0 Å². The lowest BCUT2D eigenvalue weighted by atomic mass is 10.2. The van der Waals surface area contributed by atoms with Crippen molar-refractivity contribution < 1.29 is 9.47 Å². The molecule has 0 atom stereocenters. The summed E-state index contributed by atoms with van der Waals surface area (Å²) in [5.41, 5.74) is 4.37. The van der Waals surface area contributed by atoms with Crippen LogP contribution in [0.2, 0.25) is 0 Å². The average molecular weight is 275 g/mol. The summed E-state index contributed by atoms with van der Waals surface area (Å²) in [6.07, 6.45) is 1.84. The van der Waals surface area contributed by atoms with Crippen molar-refractivity contribution in [3.05, 3.63) is 41.2 Å². The first-order chi connectivity index (χ1) is 9.70. The van der Waals surface area contributed by atoms with Gasteiger partial charge in [-0.25, -0.2) is 0 Å². The van der Waals surface area contributed by atoms with Crippen LogP contribution in [-0.4, -0.2) is 30.5 Å². The van der Waals surface area contributed by atoms with Gasteiger partial charge in [0.2, 0.25) is 0 Å². The minimum absolute atomic E-state index is 0.541. The van der Waals surface area contributed by atoms with E-state index < -0.39 is 0 Å². The van der Waals surface area contributed by atoms with Gasteiger partial charge in [0.1, 0.15) is 12.4 Å². The molecular formula is C15H21N3O2. The second-order valence-corrected chi connectivity index (χ2v) is 4.71. The molecule has 2 rings (SSSR count). The molecule has 0 bridgehead atoms. The lowest BCUT2D eigenvalue weighted by Gasteiger charge is -2.13. The number of hydrogen-bond acceptors (Lipinski definition) is 4. The van der Waals surface area contributed by atoms with Gasteiger partial charge in [0.05, 0.1) is 18.5 Å². The van der Waals surface area contributed by atoms with E-state index in [1.807, 2.05) is 32.2 Å². The Bertz CT molecular complexity index is 552. The number of benzene rings is 1. The fourth-order valence-corrected chi connectivity index (χ4v) is 1.87. The molecule has 1 aromatic carbocycles. The van der Waals surface area contributed by atoms with Crippen LogP contribution >= 0.6 is 0 Å². The molecule has 0 aliphatic carbocycles. The molecule has 0 radical (unpaired) electrons. The molecule has 0 aliphatic rings. The van der Waals surface area contributed by atoms with E-state index in [9.17, 15) is 0 Å². The number of nitrogens with one attached hydrogen (secondary N) is 2. The van der Waals surface area contributed by atoms with E-state index in [0.29, 0.717) is 19.8 Å². The molecule has 2 aromatic rings. The third kappa shape index (κ3) is 3.74. The van der Waals surface area contributed by atoms with Crippen LogP contribution in [0.15, 0.2) is 24.4 Å². The largest absolute Gasteiger partial charge is 0.489 e. The lowest BCUT2D eigenvalue weighted by Crippen LogP contribution is -2.07. The summed E-state index contributed by atoms with van der Waals surface area (Å²) in [7, 11) is 1.67. The fourth-order valence-electron chi connectivity index (χ4n) is 1.87. The molecular weight excluding hydrogens is 254 g/mol. The highest BCUT2D eigenvalue weighted by Gasteiger charge is 2.06. The summed E-state index contributed by atoms with van der Waals surface area (Å²) in [6.45, 7) is 5.89. The zero-order valence-electron chi connectivity index (χ0n) is 12.2. The van der Waals surface area contributed by atoms with Crippen LogP contribution in [0.4, 0.5) is 5.69 Å². The maximum atomic E-state index is 5.75. The Balaban J connectivity index is 2.04. The van der Waals surface area contributed by atoms with E-state index in [1.54, 1.807) is 7.11 Å². The number of H-pyrrole nitrogens is 1.